The molecule has 3 unspecified atom stereocenters. The highest BCUT2D eigenvalue weighted by molar-refractivity contribution is 5.31. The molecule has 134 valence electrons. The number of ether oxygens (including phenoxy) is 2. The molecule has 3 rings (SSSR count). The molecule has 1 aliphatic heterocycles. The Hall–Kier alpha value is -1.88. The first kappa shape index (κ1) is 17.9. The lowest BCUT2D eigenvalue weighted by Gasteiger charge is -2.41. The fourth-order valence-electron chi connectivity index (χ4n) is 3.67. The molecular weight excluding hydrogens is 314 g/mol. The van der Waals surface area contributed by atoms with Crippen LogP contribution in [0.1, 0.15) is 24.0 Å². The van der Waals surface area contributed by atoms with Crippen molar-refractivity contribution in [3.8, 4) is 5.75 Å². The largest absolute Gasteiger partial charge is 0.497 e. The van der Waals surface area contributed by atoms with Gasteiger partial charge in [0.15, 0.2) is 0 Å². The number of benzene rings is 2. The van der Waals surface area contributed by atoms with Crippen LogP contribution in [0.25, 0.3) is 0 Å². The van der Waals surface area contributed by atoms with Crippen molar-refractivity contribution in [3.63, 3.8) is 0 Å². The number of methoxy groups -OCH3 is 1. The zero-order chi connectivity index (χ0) is 17.6. The van der Waals surface area contributed by atoms with Crippen LogP contribution in [0.4, 0.5) is 0 Å². The monoisotopic (exact) mass is 341 g/mol. The summed E-state index contributed by atoms with van der Waals surface area (Å²) in [5.41, 5.74) is 2.36. The summed E-state index contributed by atoms with van der Waals surface area (Å²) >= 11 is 0. The Morgan fingerprint density at radius 1 is 1.04 bits per heavy atom. The minimum atomic E-state index is -0.456. The highest BCUT2D eigenvalue weighted by atomic mass is 16.5. The lowest BCUT2D eigenvalue weighted by atomic mass is 9.84. The molecule has 4 heteroatoms. The van der Waals surface area contributed by atoms with E-state index in [0.29, 0.717) is 13.2 Å². The third-order valence-corrected chi connectivity index (χ3v) is 4.83. The van der Waals surface area contributed by atoms with Crippen LogP contribution in [0, 0.1) is 0 Å². The maximum Gasteiger partial charge on any atom is 0.118 e. The minimum absolute atomic E-state index is 0.0159. The van der Waals surface area contributed by atoms with E-state index in [9.17, 15) is 5.11 Å². The molecule has 0 bridgehead atoms. The highest BCUT2D eigenvalue weighted by Gasteiger charge is 2.37. The zero-order valence-corrected chi connectivity index (χ0v) is 15.0. The van der Waals surface area contributed by atoms with Crippen molar-refractivity contribution in [1.29, 1.82) is 0 Å². The summed E-state index contributed by atoms with van der Waals surface area (Å²) in [4.78, 5) is 2.28. The topological polar surface area (TPSA) is 41.9 Å². The van der Waals surface area contributed by atoms with Gasteiger partial charge in [0, 0.05) is 32.2 Å². The van der Waals surface area contributed by atoms with Crippen LogP contribution in [0.15, 0.2) is 54.6 Å². The summed E-state index contributed by atoms with van der Waals surface area (Å²) in [6, 6.07) is 18.3. The normalized spacial score (nSPS) is 24.2. The first-order chi connectivity index (χ1) is 12.2. The van der Waals surface area contributed by atoms with E-state index in [-0.39, 0.29) is 12.0 Å². The Morgan fingerprint density at radius 2 is 1.76 bits per heavy atom. The molecule has 1 fully saturated rings. The lowest BCUT2D eigenvalue weighted by Crippen LogP contribution is -2.51. The third-order valence-electron chi connectivity index (χ3n) is 4.83. The van der Waals surface area contributed by atoms with E-state index in [1.165, 1.54) is 5.56 Å². The molecule has 0 amide bonds. The number of hydrogen-bond acceptors (Lipinski definition) is 4. The SMILES string of the molecule is CCOC1CN(Cc2ccccc2)CC(O)C1c1ccc(OC)cc1. The van der Waals surface area contributed by atoms with Crippen LogP contribution in [-0.2, 0) is 11.3 Å². The van der Waals surface area contributed by atoms with Gasteiger partial charge in [0.05, 0.1) is 19.3 Å². The number of aliphatic hydroxyl groups is 1. The number of β-amino-alcohol motifs (C(OH)–C–C–N with tert-alkyl or cyclic N) is 1. The second-order valence-electron chi connectivity index (χ2n) is 6.54. The van der Waals surface area contributed by atoms with Crippen LogP contribution in [0.5, 0.6) is 5.75 Å². The van der Waals surface area contributed by atoms with Gasteiger partial charge in [0.25, 0.3) is 0 Å². The number of hydrogen-bond donors (Lipinski definition) is 1. The Labute approximate surface area is 150 Å². The second-order valence-corrected chi connectivity index (χ2v) is 6.54. The smallest absolute Gasteiger partial charge is 0.118 e. The number of rotatable bonds is 6. The van der Waals surface area contributed by atoms with Crippen molar-refractivity contribution >= 4 is 0 Å². The zero-order valence-electron chi connectivity index (χ0n) is 15.0. The molecule has 2 aromatic carbocycles. The maximum absolute atomic E-state index is 10.8. The van der Waals surface area contributed by atoms with Gasteiger partial charge in [-0.2, -0.15) is 0 Å². The van der Waals surface area contributed by atoms with Gasteiger partial charge < -0.3 is 14.6 Å². The molecule has 0 aromatic heterocycles. The Balaban J connectivity index is 1.75. The van der Waals surface area contributed by atoms with Gasteiger partial charge in [-0.05, 0) is 30.2 Å². The fourth-order valence-corrected chi connectivity index (χ4v) is 3.67. The average Bonchev–Trinajstić information content (AvgIpc) is 2.63. The molecule has 1 saturated heterocycles. The summed E-state index contributed by atoms with van der Waals surface area (Å²) in [5, 5.41) is 10.8. The molecular formula is C21H27NO3. The molecule has 1 aliphatic rings. The van der Waals surface area contributed by atoms with E-state index >= 15 is 0 Å². The van der Waals surface area contributed by atoms with Crippen molar-refractivity contribution < 1.29 is 14.6 Å². The van der Waals surface area contributed by atoms with Crippen LogP contribution >= 0.6 is 0 Å². The first-order valence-electron chi connectivity index (χ1n) is 8.91. The van der Waals surface area contributed by atoms with Crippen LogP contribution in [0.2, 0.25) is 0 Å². The van der Waals surface area contributed by atoms with Gasteiger partial charge >= 0.3 is 0 Å². The second kappa shape index (κ2) is 8.48. The van der Waals surface area contributed by atoms with Crippen LogP contribution < -0.4 is 4.74 Å². The lowest BCUT2D eigenvalue weighted by molar-refractivity contribution is -0.0649. The van der Waals surface area contributed by atoms with Crippen molar-refractivity contribution in [2.75, 3.05) is 26.8 Å². The summed E-state index contributed by atoms with van der Waals surface area (Å²) in [6.07, 6.45) is -0.478. The average molecular weight is 341 g/mol. The van der Waals surface area contributed by atoms with Crippen molar-refractivity contribution in [2.24, 2.45) is 0 Å². The van der Waals surface area contributed by atoms with Gasteiger partial charge in [0.2, 0.25) is 0 Å². The molecule has 1 N–H and O–H groups in total. The molecule has 2 aromatic rings. The number of piperidine rings is 1. The molecule has 1 heterocycles. The van der Waals surface area contributed by atoms with Gasteiger partial charge in [0.1, 0.15) is 5.75 Å². The summed E-state index contributed by atoms with van der Waals surface area (Å²) < 4.78 is 11.3. The Kier molecular flexibility index (Phi) is 6.08. The first-order valence-corrected chi connectivity index (χ1v) is 8.91. The van der Waals surface area contributed by atoms with Gasteiger partial charge in [-0.15, -0.1) is 0 Å². The molecule has 0 saturated carbocycles. The van der Waals surface area contributed by atoms with E-state index < -0.39 is 6.10 Å². The van der Waals surface area contributed by atoms with Crippen LogP contribution in [-0.4, -0.2) is 49.0 Å². The fraction of sp³-hybridized carbons (Fsp3) is 0.429. The highest BCUT2D eigenvalue weighted by Crippen LogP contribution is 2.32. The molecule has 4 nitrogen and oxygen atoms in total. The van der Waals surface area contributed by atoms with Crippen molar-refractivity contribution in [3.05, 3.63) is 65.7 Å². The Bertz CT molecular complexity index is 644. The van der Waals surface area contributed by atoms with Crippen molar-refractivity contribution in [1.82, 2.24) is 4.90 Å². The molecule has 3 atom stereocenters. The predicted octanol–water partition coefficient (Wildman–Crippen LogP) is 3.06. The van der Waals surface area contributed by atoms with E-state index in [1.54, 1.807) is 7.11 Å². The van der Waals surface area contributed by atoms with E-state index in [1.807, 2.05) is 37.3 Å². The number of nitrogens with zero attached hydrogens (tertiary/aromatic N) is 1. The molecule has 0 spiro atoms. The van der Waals surface area contributed by atoms with Crippen molar-refractivity contribution in [2.45, 2.75) is 31.6 Å². The van der Waals surface area contributed by atoms with Gasteiger partial charge in [-0.3, -0.25) is 4.90 Å². The molecule has 0 radical (unpaired) electrons. The predicted molar refractivity (Wildman–Crippen MR) is 98.9 cm³/mol. The standard InChI is InChI=1S/C21H27NO3/c1-3-25-20-15-22(13-16-7-5-4-6-8-16)14-19(23)21(20)17-9-11-18(24-2)12-10-17/h4-12,19-21,23H,3,13-15H2,1-2H3. The van der Waals surface area contributed by atoms with Crippen LogP contribution in [0.3, 0.4) is 0 Å². The summed E-state index contributed by atoms with van der Waals surface area (Å²) in [6.45, 7) is 4.94. The van der Waals surface area contributed by atoms with Gasteiger partial charge in [-0.25, -0.2) is 0 Å². The van der Waals surface area contributed by atoms with Gasteiger partial charge in [-0.1, -0.05) is 42.5 Å². The minimum Gasteiger partial charge on any atom is -0.497 e. The number of likely N-dealkylation sites (tertiary alicyclic amines) is 1. The quantitative estimate of drug-likeness (QED) is 0.877. The molecule has 0 aliphatic carbocycles. The maximum atomic E-state index is 10.8. The molecule has 25 heavy (non-hydrogen) atoms. The Morgan fingerprint density at radius 3 is 2.40 bits per heavy atom. The number of aliphatic hydroxyl groups excluding tert-OH is 1. The van der Waals surface area contributed by atoms with E-state index in [4.69, 9.17) is 9.47 Å². The summed E-state index contributed by atoms with van der Waals surface area (Å²) in [5.74, 6) is 0.811. The van der Waals surface area contributed by atoms with E-state index in [0.717, 1.165) is 24.4 Å². The van der Waals surface area contributed by atoms with E-state index in [2.05, 4.69) is 29.2 Å². The third kappa shape index (κ3) is 4.40. The summed E-state index contributed by atoms with van der Waals surface area (Å²) in [7, 11) is 1.66.